The molecule has 4 heterocycles. The molecule has 0 bridgehead atoms. The summed E-state index contributed by atoms with van der Waals surface area (Å²) >= 11 is 0. The number of amides is 1. The fourth-order valence-electron chi connectivity index (χ4n) is 3.65. The first-order valence-electron chi connectivity index (χ1n) is 10.1. The Morgan fingerprint density at radius 1 is 1.03 bits per heavy atom. The smallest absolute Gasteiger partial charge is 0.353 e. The number of rotatable bonds is 4. The summed E-state index contributed by atoms with van der Waals surface area (Å²) < 4.78 is 39.9. The molecule has 1 N–H and O–H groups in total. The van der Waals surface area contributed by atoms with Crippen molar-refractivity contribution >= 4 is 29.1 Å². The van der Waals surface area contributed by atoms with Crippen LogP contribution in [-0.4, -0.2) is 51.7 Å². The van der Waals surface area contributed by atoms with Gasteiger partial charge in [0.2, 0.25) is 11.9 Å². The van der Waals surface area contributed by atoms with Crippen LogP contribution in [0, 0.1) is 5.92 Å². The van der Waals surface area contributed by atoms with E-state index in [1.807, 2.05) is 23.1 Å². The van der Waals surface area contributed by atoms with Gasteiger partial charge in [0.1, 0.15) is 11.6 Å². The van der Waals surface area contributed by atoms with Crippen LogP contribution in [0.25, 0.3) is 5.65 Å². The molecule has 0 aromatic carbocycles. The number of anilines is 3. The Morgan fingerprint density at radius 2 is 1.77 bits per heavy atom. The number of halogens is 3. The number of hydrogen-bond donors (Lipinski definition) is 1. The zero-order valence-corrected chi connectivity index (χ0v) is 16.5. The van der Waals surface area contributed by atoms with Crippen LogP contribution in [0.3, 0.4) is 0 Å². The van der Waals surface area contributed by atoms with Gasteiger partial charge in [0, 0.05) is 38.3 Å². The second-order valence-corrected chi connectivity index (χ2v) is 7.73. The molecular weight excluding hydrogens is 411 g/mol. The molecule has 5 rings (SSSR count). The van der Waals surface area contributed by atoms with E-state index in [-0.39, 0.29) is 17.8 Å². The van der Waals surface area contributed by atoms with E-state index in [1.165, 1.54) is 6.07 Å². The summed E-state index contributed by atoms with van der Waals surface area (Å²) in [5.41, 5.74) is -0.118. The van der Waals surface area contributed by atoms with Crippen LogP contribution in [0.1, 0.15) is 18.4 Å². The van der Waals surface area contributed by atoms with E-state index in [1.54, 1.807) is 4.52 Å². The molecule has 1 aliphatic carbocycles. The largest absolute Gasteiger partial charge is 0.417 e. The Bertz CT molecular complexity index is 1100. The highest BCUT2D eigenvalue weighted by Gasteiger charge is 2.32. The van der Waals surface area contributed by atoms with Gasteiger partial charge in [-0.05, 0) is 37.1 Å². The normalized spacial score (nSPS) is 17.3. The number of pyridine rings is 2. The van der Waals surface area contributed by atoms with Crippen LogP contribution < -0.4 is 15.1 Å². The Morgan fingerprint density at radius 3 is 2.42 bits per heavy atom. The van der Waals surface area contributed by atoms with Crippen LogP contribution in [0.15, 0.2) is 36.5 Å². The van der Waals surface area contributed by atoms with Gasteiger partial charge in [-0.2, -0.15) is 22.7 Å². The molecule has 2 aliphatic rings. The number of nitrogens with one attached hydrogen (secondary N) is 1. The molecule has 8 nitrogen and oxygen atoms in total. The molecule has 1 saturated carbocycles. The molecule has 1 amide bonds. The van der Waals surface area contributed by atoms with Crippen molar-refractivity contribution in [1.82, 2.24) is 19.6 Å². The number of aromatic nitrogens is 4. The third-order valence-electron chi connectivity index (χ3n) is 5.53. The van der Waals surface area contributed by atoms with E-state index in [2.05, 4.69) is 25.3 Å². The lowest BCUT2D eigenvalue weighted by Crippen LogP contribution is -2.47. The first-order chi connectivity index (χ1) is 14.9. The first-order valence-corrected chi connectivity index (χ1v) is 10.1. The number of hydrogen-bond acceptors (Lipinski definition) is 6. The summed E-state index contributed by atoms with van der Waals surface area (Å²) in [6, 6.07) is 8.11. The number of carbonyl (C=O) groups excluding carboxylic acids is 1. The van der Waals surface area contributed by atoms with E-state index >= 15 is 0 Å². The Kier molecular flexibility index (Phi) is 4.67. The van der Waals surface area contributed by atoms with Crippen LogP contribution in [-0.2, 0) is 11.0 Å². The fourth-order valence-corrected chi connectivity index (χ4v) is 3.65. The molecular formula is C20H20F3N7O. The standard InChI is InChI=1S/C20H20F3N7O/c21-20(22,23)14-6-7-15(24-12-14)28-8-10-29(11-9-28)17-3-1-2-16-25-19(27-30(16)17)26-18(31)13-4-5-13/h1-3,6-7,12-13H,4-5,8-11H2,(H,26,27,31). The van der Waals surface area contributed by atoms with E-state index in [0.717, 1.165) is 30.9 Å². The molecule has 0 atom stereocenters. The zero-order chi connectivity index (χ0) is 21.6. The van der Waals surface area contributed by atoms with E-state index in [4.69, 9.17) is 0 Å². The molecule has 2 fully saturated rings. The van der Waals surface area contributed by atoms with Crippen molar-refractivity contribution in [1.29, 1.82) is 0 Å². The summed E-state index contributed by atoms with van der Waals surface area (Å²) in [5.74, 6) is 1.68. The summed E-state index contributed by atoms with van der Waals surface area (Å²) in [7, 11) is 0. The number of carbonyl (C=O) groups is 1. The van der Waals surface area contributed by atoms with Crippen LogP contribution in [0.5, 0.6) is 0 Å². The van der Waals surface area contributed by atoms with Crippen molar-refractivity contribution in [3.05, 3.63) is 42.1 Å². The number of alkyl halides is 3. The molecule has 1 saturated heterocycles. The van der Waals surface area contributed by atoms with Gasteiger partial charge in [0.15, 0.2) is 5.65 Å². The third kappa shape index (κ3) is 3.99. The predicted molar refractivity (Wildman–Crippen MR) is 108 cm³/mol. The minimum absolute atomic E-state index is 0.0462. The lowest BCUT2D eigenvalue weighted by Gasteiger charge is -2.36. The van der Waals surface area contributed by atoms with Crippen LogP contribution >= 0.6 is 0 Å². The number of fused-ring (bicyclic) bond motifs is 1. The molecule has 162 valence electrons. The topological polar surface area (TPSA) is 78.7 Å². The minimum Gasteiger partial charge on any atom is -0.353 e. The molecule has 0 unspecified atom stereocenters. The molecule has 3 aromatic heterocycles. The first kappa shape index (κ1) is 19.6. The fraction of sp³-hybridized carbons (Fsp3) is 0.400. The van der Waals surface area contributed by atoms with E-state index < -0.39 is 11.7 Å². The van der Waals surface area contributed by atoms with Crippen LogP contribution in [0.2, 0.25) is 0 Å². The third-order valence-corrected chi connectivity index (χ3v) is 5.53. The van der Waals surface area contributed by atoms with Gasteiger partial charge in [-0.3, -0.25) is 10.1 Å². The number of piperazine rings is 1. The monoisotopic (exact) mass is 431 g/mol. The Labute approximate surface area is 175 Å². The van der Waals surface area contributed by atoms with Gasteiger partial charge in [0.05, 0.1) is 5.56 Å². The maximum absolute atomic E-state index is 12.7. The van der Waals surface area contributed by atoms with Crippen molar-refractivity contribution < 1.29 is 18.0 Å². The molecule has 0 radical (unpaired) electrons. The maximum atomic E-state index is 12.7. The van der Waals surface area contributed by atoms with Gasteiger partial charge in [-0.25, -0.2) is 4.98 Å². The summed E-state index contributed by atoms with van der Waals surface area (Å²) in [6.45, 7) is 2.50. The lowest BCUT2D eigenvalue weighted by molar-refractivity contribution is -0.137. The lowest BCUT2D eigenvalue weighted by atomic mass is 10.2. The highest BCUT2D eigenvalue weighted by Crippen LogP contribution is 2.31. The zero-order valence-electron chi connectivity index (χ0n) is 16.5. The molecule has 11 heteroatoms. The van der Waals surface area contributed by atoms with Gasteiger partial charge in [0.25, 0.3) is 0 Å². The van der Waals surface area contributed by atoms with Crippen molar-refractivity contribution in [2.24, 2.45) is 5.92 Å². The summed E-state index contributed by atoms with van der Waals surface area (Å²) in [4.78, 5) is 24.5. The summed E-state index contributed by atoms with van der Waals surface area (Å²) in [5, 5.41) is 7.22. The molecule has 3 aromatic rings. The summed E-state index contributed by atoms with van der Waals surface area (Å²) in [6.07, 6.45) is -1.71. The average Bonchev–Trinajstić information content (AvgIpc) is 3.53. The predicted octanol–water partition coefficient (Wildman–Crippen LogP) is 2.82. The second kappa shape index (κ2) is 7.40. The Hall–Kier alpha value is -3.37. The van der Waals surface area contributed by atoms with E-state index in [9.17, 15) is 18.0 Å². The van der Waals surface area contributed by atoms with Gasteiger partial charge in [-0.15, -0.1) is 5.10 Å². The van der Waals surface area contributed by atoms with Crippen LogP contribution in [0.4, 0.5) is 30.8 Å². The number of nitrogens with zero attached hydrogens (tertiary/aromatic N) is 6. The highest BCUT2D eigenvalue weighted by molar-refractivity contribution is 5.92. The molecule has 31 heavy (non-hydrogen) atoms. The average molecular weight is 431 g/mol. The van der Waals surface area contributed by atoms with E-state index in [0.29, 0.717) is 37.6 Å². The second-order valence-electron chi connectivity index (χ2n) is 7.73. The van der Waals surface area contributed by atoms with Crippen molar-refractivity contribution in [3.63, 3.8) is 0 Å². The Balaban J connectivity index is 1.29. The van der Waals surface area contributed by atoms with Gasteiger partial charge in [-0.1, -0.05) is 6.07 Å². The molecule has 0 spiro atoms. The van der Waals surface area contributed by atoms with Crippen molar-refractivity contribution in [2.75, 3.05) is 41.3 Å². The van der Waals surface area contributed by atoms with Crippen molar-refractivity contribution in [3.8, 4) is 0 Å². The maximum Gasteiger partial charge on any atom is 0.417 e. The SMILES string of the molecule is O=C(Nc1nc2cccc(N3CCN(c4ccc(C(F)(F)F)cn4)CC3)n2n1)C1CC1. The molecule has 1 aliphatic heterocycles. The quantitative estimate of drug-likeness (QED) is 0.685. The minimum atomic E-state index is -4.39. The highest BCUT2D eigenvalue weighted by atomic mass is 19.4. The van der Waals surface area contributed by atoms with Gasteiger partial charge >= 0.3 is 6.18 Å². The van der Waals surface area contributed by atoms with Crippen molar-refractivity contribution in [2.45, 2.75) is 19.0 Å². The van der Waals surface area contributed by atoms with Gasteiger partial charge < -0.3 is 9.80 Å².